The van der Waals surface area contributed by atoms with Gasteiger partial charge in [0.1, 0.15) is 30.5 Å². The van der Waals surface area contributed by atoms with Gasteiger partial charge in [-0.3, -0.25) is 9.59 Å². The average Bonchev–Trinajstić information content (AvgIpc) is 3.12. The van der Waals surface area contributed by atoms with E-state index < -0.39 is 67.2 Å². The number of ketones is 1. The van der Waals surface area contributed by atoms with E-state index in [4.69, 9.17) is 18.9 Å². The smallest absolute Gasteiger partial charge is 0.334 e. The minimum atomic E-state index is -1.51. The van der Waals surface area contributed by atoms with Gasteiger partial charge in [0.15, 0.2) is 18.2 Å². The number of carbonyl (C=O) groups is 3. The van der Waals surface area contributed by atoms with E-state index in [1.807, 2.05) is 33.8 Å². The van der Waals surface area contributed by atoms with E-state index in [0.29, 0.717) is 5.57 Å². The summed E-state index contributed by atoms with van der Waals surface area (Å²) in [7, 11) is 0. The molecule has 0 spiro atoms. The molecule has 3 N–H and O–H groups in total. The maximum atomic E-state index is 13.3. The van der Waals surface area contributed by atoms with E-state index >= 15 is 0 Å². The van der Waals surface area contributed by atoms with Crippen LogP contribution in [0.5, 0.6) is 0 Å². The predicted molar refractivity (Wildman–Crippen MR) is 133 cm³/mol. The SMILES string of the molecule is CC=C(C)C1CC=C(C)C(OC2OC(CO)C(O)C2O)C(OC(=O)CC(C)C)C(=O)CC=C(C)C(=O)O1. The summed E-state index contributed by atoms with van der Waals surface area (Å²) >= 11 is 0. The van der Waals surface area contributed by atoms with Crippen molar-refractivity contribution >= 4 is 17.7 Å². The number of Topliss-reactive ketones (excluding diaryl/α,β-unsaturated/α-hetero) is 1. The molecule has 0 aromatic carbocycles. The Balaban J connectivity index is 2.52. The summed E-state index contributed by atoms with van der Waals surface area (Å²) in [4.78, 5) is 38.6. The van der Waals surface area contributed by atoms with Crippen LogP contribution in [0.25, 0.3) is 0 Å². The summed E-state index contributed by atoms with van der Waals surface area (Å²) in [5, 5.41) is 30.1. The molecule has 2 aliphatic rings. The molecule has 10 heteroatoms. The molecule has 208 valence electrons. The van der Waals surface area contributed by atoms with Crippen LogP contribution >= 0.6 is 0 Å². The van der Waals surface area contributed by atoms with E-state index in [2.05, 4.69) is 0 Å². The van der Waals surface area contributed by atoms with Crippen molar-refractivity contribution in [2.24, 2.45) is 5.92 Å². The number of ether oxygens (including phenoxy) is 4. The third kappa shape index (κ3) is 8.31. The van der Waals surface area contributed by atoms with Crippen LogP contribution in [0.4, 0.5) is 0 Å². The second-order valence-electron chi connectivity index (χ2n) is 9.94. The maximum absolute atomic E-state index is 13.3. The van der Waals surface area contributed by atoms with E-state index in [9.17, 15) is 29.7 Å². The van der Waals surface area contributed by atoms with Crippen molar-refractivity contribution in [3.63, 3.8) is 0 Å². The Kier molecular flexibility index (Phi) is 11.6. The number of aliphatic hydroxyl groups is 3. The lowest BCUT2D eigenvalue weighted by atomic mass is 9.96. The third-order valence-corrected chi connectivity index (χ3v) is 6.45. The van der Waals surface area contributed by atoms with Crippen LogP contribution in [0.3, 0.4) is 0 Å². The molecule has 10 nitrogen and oxygen atoms in total. The molecule has 0 radical (unpaired) electrons. The number of carbonyl (C=O) groups excluding carboxylic acids is 3. The quantitative estimate of drug-likeness (QED) is 0.333. The maximum Gasteiger partial charge on any atom is 0.334 e. The largest absolute Gasteiger partial charge is 0.454 e. The van der Waals surface area contributed by atoms with Crippen molar-refractivity contribution in [1.29, 1.82) is 0 Å². The van der Waals surface area contributed by atoms with Crippen LogP contribution in [0.2, 0.25) is 0 Å². The summed E-state index contributed by atoms with van der Waals surface area (Å²) in [5.41, 5.74) is 1.52. The molecule has 0 aliphatic carbocycles. The second-order valence-corrected chi connectivity index (χ2v) is 9.94. The van der Waals surface area contributed by atoms with Gasteiger partial charge >= 0.3 is 11.9 Å². The molecule has 7 atom stereocenters. The molecule has 2 aliphatic heterocycles. The standard InChI is InChI=1S/C27H40O10/c1-7-15(4)19-11-9-16(5)24(37-27-23(32)22(31)20(13-28)35-27)25(36-21(30)12-14(2)3)18(29)10-8-17(6)26(33)34-19/h7-9,14,19-20,22-25,27-28,31-32H,10-13H2,1-6H3. The normalized spacial score (nSPS) is 32.3. The number of aliphatic hydroxyl groups excluding tert-OH is 3. The first-order chi connectivity index (χ1) is 17.4. The lowest BCUT2D eigenvalue weighted by Crippen LogP contribution is -2.45. The van der Waals surface area contributed by atoms with E-state index in [1.165, 1.54) is 13.0 Å². The van der Waals surface area contributed by atoms with Crippen LogP contribution in [0, 0.1) is 5.92 Å². The zero-order chi connectivity index (χ0) is 27.9. The molecule has 1 fully saturated rings. The van der Waals surface area contributed by atoms with Gasteiger partial charge in [-0.15, -0.1) is 0 Å². The molecular formula is C27H40O10. The highest BCUT2D eigenvalue weighted by Crippen LogP contribution is 2.29. The topological polar surface area (TPSA) is 149 Å². The van der Waals surface area contributed by atoms with E-state index in [1.54, 1.807) is 13.0 Å². The minimum absolute atomic E-state index is 0.0215. The molecule has 0 aromatic heterocycles. The lowest BCUT2D eigenvalue weighted by molar-refractivity contribution is -0.209. The minimum Gasteiger partial charge on any atom is -0.454 e. The first-order valence-electron chi connectivity index (χ1n) is 12.6. The molecule has 0 amide bonds. The highest BCUT2D eigenvalue weighted by atomic mass is 16.7. The Morgan fingerprint density at radius 1 is 1.16 bits per heavy atom. The summed E-state index contributed by atoms with van der Waals surface area (Å²) in [6.45, 7) is 9.99. The monoisotopic (exact) mass is 524 g/mol. The molecule has 1 saturated heterocycles. The van der Waals surface area contributed by atoms with Gasteiger partial charge in [-0.1, -0.05) is 32.1 Å². The fourth-order valence-electron chi connectivity index (χ4n) is 3.96. The zero-order valence-electron chi connectivity index (χ0n) is 22.4. The molecule has 2 heterocycles. The van der Waals surface area contributed by atoms with Crippen LogP contribution in [0.15, 0.2) is 34.9 Å². The Labute approximate surface area is 217 Å². The van der Waals surface area contributed by atoms with Crippen LogP contribution < -0.4 is 0 Å². The van der Waals surface area contributed by atoms with Crippen molar-refractivity contribution in [1.82, 2.24) is 0 Å². The van der Waals surface area contributed by atoms with Gasteiger partial charge in [0.25, 0.3) is 0 Å². The molecule has 2 rings (SSSR count). The second kappa shape index (κ2) is 14.0. The summed E-state index contributed by atoms with van der Waals surface area (Å²) in [6.07, 6.45) is -3.52. The zero-order valence-corrected chi connectivity index (χ0v) is 22.4. The molecule has 37 heavy (non-hydrogen) atoms. The Hall–Kier alpha value is -2.37. The van der Waals surface area contributed by atoms with Crippen LogP contribution in [-0.4, -0.2) is 82.6 Å². The Morgan fingerprint density at radius 2 is 1.84 bits per heavy atom. The first-order valence-corrected chi connectivity index (χ1v) is 12.6. The predicted octanol–water partition coefficient (Wildman–Crippen LogP) is 1.90. The average molecular weight is 525 g/mol. The summed E-state index contributed by atoms with van der Waals surface area (Å²) < 4.78 is 22.7. The third-order valence-electron chi connectivity index (χ3n) is 6.45. The van der Waals surface area contributed by atoms with E-state index in [0.717, 1.165) is 5.57 Å². The Bertz CT molecular complexity index is 918. The molecule has 0 bridgehead atoms. The number of esters is 2. The van der Waals surface area contributed by atoms with Crippen LogP contribution in [-0.2, 0) is 33.3 Å². The van der Waals surface area contributed by atoms with Gasteiger partial charge in [0.2, 0.25) is 0 Å². The van der Waals surface area contributed by atoms with Gasteiger partial charge in [-0.2, -0.15) is 0 Å². The first kappa shape index (κ1) is 30.9. The highest BCUT2D eigenvalue weighted by Gasteiger charge is 2.46. The van der Waals surface area contributed by atoms with Gasteiger partial charge < -0.3 is 34.3 Å². The van der Waals surface area contributed by atoms with Gasteiger partial charge in [0, 0.05) is 24.8 Å². The summed E-state index contributed by atoms with van der Waals surface area (Å²) in [6, 6.07) is 0. The van der Waals surface area contributed by atoms with Gasteiger partial charge in [-0.05, 0) is 44.8 Å². The molecule has 0 saturated carbocycles. The number of hydrogen-bond donors (Lipinski definition) is 3. The van der Waals surface area contributed by atoms with Crippen molar-refractivity contribution in [3.8, 4) is 0 Å². The fourth-order valence-corrected chi connectivity index (χ4v) is 3.96. The fraction of sp³-hybridized carbons (Fsp3) is 0.667. The Morgan fingerprint density at radius 3 is 2.41 bits per heavy atom. The van der Waals surface area contributed by atoms with Gasteiger partial charge in [0.05, 0.1) is 6.61 Å². The van der Waals surface area contributed by atoms with Gasteiger partial charge in [-0.25, -0.2) is 4.79 Å². The van der Waals surface area contributed by atoms with Crippen molar-refractivity contribution < 1.29 is 48.7 Å². The molecular weight excluding hydrogens is 484 g/mol. The molecule has 7 unspecified atom stereocenters. The number of allylic oxidation sites excluding steroid dienone is 2. The highest BCUT2D eigenvalue weighted by molar-refractivity contribution is 5.91. The number of cyclic esters (lactones) is 1. The van der Waals surface area contributed by atoms with Crippen LogP contribution in [0.1, 0.15) is 60.8 Å². The summed E-state index contributed by atoms with van der Waals surface area (Å²) in [5.74, 6) is -1.72. The number of hydrogen-bond acceptors (Lipinski definition) is 10. The molecule has 0 aromatic rings. The lowest BCUT2D eigenvalue weighted by Gasteiger charge is -2.31. The van der Waals surface area contributed by atoms with E-state index in [-0.39, 0.29) is 30.8 Å². The van der Waals surface area contributed by atoms with Crippen molar-refractivity contribution in [2.45, 2.75) is 104 Å². The number of rotatable bonds is 7. The van der Waals surface area contributed by atoms with Crippen molar-refractivity contribution in [3.05, 3.63) is 34.9 Å². The van der Waals surface area contributed by atoms with Crippen molar-refractivity contribution in [2.75, 3.05) is 6.61 Å².